The average Bonchev–Trinajstić information content (AvgIpc) is 4.01. The SMILES string of the molecule is CC1(C)CCS(=O)(=O)[C@H](C2(NC(=O)N[C@H](C(=O)N3C[C@H]4[C@@H]([C@H]3C(=O)N[C@@H](CCC3CC3)C(=O)C(=O)NC3CC3)C4(C)C)C(C)(C)C)CCCCC2)C1. The van der Waals surface area contributed by atoms with Gasteiger partial charge >= 0.3 is 6.03 Å². The van der Waals surface area contributed by atoms with Gasteiger partial charge in [0.25, 0.3) is 5.91 Å². The van der Waals surface area contributed by atoms with Crippen molar-refractivity contribution in [2.45, 2.75) is 167 Å². The summed E-state index contributed by atoms with van der Waals surface area (Å²) in [4.78, 5) is 70.7. The van der Waals surface area contributed by atoms with E-state index in [0.29, 0.717) is 44.6 Å². The van der Waals surface area contributed by atoms with Gasteiger partial charge in [0.2, 0.25) is 17.6 Å². The van der Waals surface area contributed by atoms with Gasteiger partial charge in [-0.3, -0.25) is 19.2 Å². The van der Waals surface area contributed by atoms with Crippen LogP contribution in [0.5, 0.6) is 0 Å². The molecule has 0 aromatic carbocycles. The first kappa shape index (κ1) is 39.0. The van der Waals surface area contributed by atoms with Gasteiger partial charge in [0.15, 0.2) is 9.84 Å². The Labute approximate surface area is 310 Å². The summed E-state index contributed by atoms with van der Waals surface area (Å²) < 4.78 is 27.2. The van der Waals surface area contributed by atoms with E-state index in [1.165, 1.54) is 0 Å². The molecule has 0 aromatic rings. The fourth-order valence-corrected chi connectivity index (χ4v) is 12.3. The van der Waals surface area contributed by atoms with Crippen molar-refractivity contribution in [1.82, 2.24) is 26.2 Å². The van der Waals surface area contributed by atoms with Crippen molar-refractivity contribution in [1.29, 1.82) is 0 Å². The zero-order valence-electron chi connectivity index (χ0n) is 32.4. The number of carbonyl (C=O) groups is 5. The molecule has 292 valence electrons. The minimum absolute atomic E-state index is 0.0122. The highest BCUT2D eigenvalue weighted by Gasteiger charge is 2.70. The van der Waals surface area contributed by atoms with E-state index < -0.39 is 67.8 Å². The molecule has 6 rings (SSSR count). The van der Waals surface area contributed by atoms with Gasteiger partial charge < -0.3 is 26.2 Å². The highest BCUT2D eigenvalue weighted by Crippen LogP contribution is 2.65. The van der Waals surface area contributed by atoms with Crippen LogP contribution < -0.4 is 21.3 Å². The van der Waals surface area contributed by atoms with Crippen LogP contribution in [0.2, 0.25) is 0 Å². The molecule has 6 aliphatic rings. The van der Waals surface area contributed by atoms with Gasteiger partial charge in [-0.2, -0.15) is 0 Å². The summed E-state index contributed by atoms with van der Waals surface area (Å²) >= 11 is 0. The van der Waals surface area contributed by atoms with E-state index in [4.69, 9.17) is 0 Å². The minimum atomic E-state index is -3.46. The van der Waals surface area contributed by atoms with Gasteiger partial charge in [0.05, 0.1) is 22.6 Å². The molecular formula is C39H63N5O7S. The molecule has 4 aliphatic carbocycles. The fourth-order valence-electron chi connectivity index (χ4n) is 9.54. The van der Waals surface area contributed by atoms with Crippen LogP contribution in [0, 0.1) is 34.0 Å². The second kappa shape index (κ2) is 13.9. The monoisotopic (exact) mass is 745 g/mol. The van der Waals surface area contributed by atoms with Gasteiger partial charge in [-0.15, -0.1) is 0 Å². The lowest BCUT2D eigenvalue weighted by atomic mass is 9.73. The number of urea groups is 1. The van der Waals surface area contributed by atoms with E-state index in [-0.39, 0.29) is 40.4 Å². The molecule has 4 N–H and O–H groups in total. The van der Waals surface area contributed by atoms with E-state index >= 15 is 0 Å². The third kappa shape index (κ3) is 8.19. The highest BCUT2D eigenvalue weighted by atomic mass is 32.2. The summed E-state index contributed by atoms with van der Waals surface area (Å²) in [5.41, 5.74) is -2.05. The summed E-state index contributed by atoms with van der Waals surface area (Å²) in [5, 5.41) is 11.1. The Morgan fingerprint density at radius 1 is 0.885 bits per heavy atom. The summed E-state index contributed by atoms with van der Waals surface area (Å²) in [6.45, 7) is 14.3. The predicted octanol–water partition coefficient (Wildman–Crippen LogP) is 4.01. The second-order valence-electron chi connectivity index (χ2n) is 19.7. The van der Waals surface area contributed by atoms with Crippen LogP contribution in [0.15, 0.2) is 0 Å². The largest absolute Gasteiger partial charge is 0.347 e. The molecular weight excluding hydrogens is 683 g/mol. The first-order chi connectivity index (χ1) is 24.2. The van der Waals surface area contributed by atoms with Gasteiger partial charge in [-0.1, -0.05) is 80.6 Å². The van der Waals surface area contributed by atoms with Crippen LogP contribution in [0.1, 0.15) is 132 Å². The van der Waals surface area contributed by atoms with Gasteiger partial charge in [-0.25, -0.2) is 13.2 Å². The average molecular weight is 746 g/mol. The first-order valence-corrected chi connectivity index (χ1v) is 21.6. The molecule has 4 saturated carbocycles. The minimum Gasteiger partial charge on any atom is -0.347 e. The maximum absolute atomic E-state index is 14.6. The maximum Gasteiger partial charge on any atom is 0.315 e. The lowest BCUT2D eigenvalue weighted by Gasteiger charge is -2.48. The van der Waals surface area contributed by atoms with E-state index in [1.54, 1.807) is 4.90 Å². The Kier molecular flexibility index (Phi) is 10.4. The number of sulfone groups is 1. The summed E-state index contributed by atoms with van der Waals surface area (Å²) in [6, 6.07) is -3.41. The van der Waals surface area contributed by atoms with E-state index in [2.05, 4.69) is 49.0 Å². The molecule has 12 nitrogen and oxygen atoms in total. The smallest absolute Gasteiger partial charge is 0.315 e. The van der Waals surface area contributed by atoms with Crippen molar-refractivity contribution >= 4 is 39.4 Å². The third-order valence-electron chi connectivity index (χ3n) is 13.4. The molecule has 0 unspecified atom stereocenters. The molecule has 13 heteroatoms. The molecule has 2 saturated heterocycles. The normalized spacial score (nSPS) is 30.9. The summed E-state index contributed by atoms with van der Waals surface area (Å²) in [6.07, 6.45) is 9.71. The predicted molar refractivity (Wildman–Crippen MR) is 198 cm³/mol. The lowest BCUT2D eigenvalue weighted by molar-refractivity contribution is -0.145. The third-order valence-corrected chi connectivity index (χ3v) is 15.7. The van der Waals surface area contributed by atoms with Crippen LogP contribution in [0.4, 0.5) is 4.79 Å². The standard InChI is InChI=1S/C39H63N5O7S/c1-36(2,3)31(42-35(49)43-39(17-9-8-10-18-39)27-21-37(4,5)19-20-52(27,50)51)34(48)44-22-25-28(38(25,6)7)29(44)32(46)41-26(16-13-23-11-12-23)30(45)33(47)40-24-14-15-24/h23-29,31H,8-22H2,1-7H3,(H,40,47)(H,41,46)(H2,42,43,49)/t25-,26-,27-,28-,29-,31+/m0/s1. The molecule has 52 heavy (non-hydrogen) atoms. The van der Waals surface area contributed by atoms with Crippen LogP contribution in [0.3, 0.4) is 0 Å². The van der Waals surface area contributed by atoms with E-state index in [9.17, 15) is 32.4 Å². The Bertz CT molecular complexity index is 1550. The summed E-state index contributed by atoms with van der Waals surface area (Å²) in [7, 11) is -3.46. The van der Waals surface area contributed by atoms with Crippen molar-refractivity contribution in [3.8, 4) is 0 Å². The Balaban J connectivity index is 1.20. The van der Waals surface area contributed by atoms with Gasteiger partial charge in [-0.05, 0) is 85.4 Å². The van der Waals surface area contributed by atoms with Crippen molar-refractivity contribution in [3.63, 3.8) is 0 Å². The number of carbonyl (C=O) groups excluding carboxylic acids is 5. The number of rotatable bonds is 12. The number of nitrogens with one attached hydrogen (secondary N) is 4. The molecule has 0 spiro atoms. The van der Waals surface area contributed by atoms with Gasteiger partial charge in [0.1, 0.15) is 12.1 Å². The number of hydrogen-bond donors (Lipinski definition) is 4. The number of Topliss-reactive ketones (excluding diaryl/α,β-unsaturated/α-hetero) is 1. The number of nitrogens with zero attached hydrogens (tertiary/aromatic N) is 1. The maximum atomic E-state index is 14.6. The van der Waals surface area contributed by atoms with E-state index in [0.717, 1.165) is 51.4 Å². The van der Waals surface area contributed by atoms with Crippen LogP contribution in [-0.2, 0) is 29.0 Å². The van der Waals surface area contributed by atoms with E-state index in [1.807, 2.05) is 20.8 Å². The fraction of sp³-hybridized carbons (Fsp3) is 0.872. The number of fused-ring (bicyclic) bond motifs is 1. The van der Waals surface area contributed by atoms with Crippen LogP contribution in [-0.4, -0.2) is 90.1 Å². The van der Waals surface area contributed by atoms with Crippen molar-refractivity contribution < 1.29 is 32.4 Å². The summed E-state index contributed by atoms with van der Waals surface area (Å²) in [5.74, 6) is -1.61. The Morgan fingerprint density at radius 2 is 1.54 bits per heavy atom. The molecule has 6 fully saturated rings. The number of hydrogen-bond acceptors (Lipinski definition) is 7. The van der Waals surface area contributed by atoms with Crippen LogP contribution >= 0.6 is 0 Å². The molecule has 0 radical (unpaired) electrons. The lowest BCUT2D eigenvalue weighted by Crippen LogP contribution is -2.66. The quantitative estimate of drug-likeness (QED) is 0.219. The molecule has 6 atom stereocenters. The van der Waals surface area contributed by atoms with Crippen molar-refractivity contribution in [3.05, 3.63) is 0 Å². The number of likely N-dealkylation sites (tertiary alicyclic amines) is 1. The first-order valence-electron chi connectivity index (χ1n) is 19.9. The molecule has 0 aromatic heterocycles. The Morgan fingerprint density at radius 3 is 2.13 bits per heavy atom. The van der Waals surface area contributed by atoms with Crippen molar-refractivity contribution in [2.75, 3.05) is 12.3 Å². The second-order valence-corrected chi connectivity index (χ2v) is 22.0. The van der Waals surface area contributed by atoms with Gasteiger partial charge in [0, 0.05) is 12.6 Å². The van der Waals surface area contributed by atoms with Crippen LogP contribution in [0.25, 0.3) is 0 Å². The molecule has 5 amide bonds. The molecule has 2 aliphatic heterocycles. The zero-order valence-corrected chi connectivity index (χ0v) is 33.3. The molecule has 0 bridgehead atoms. The molecule has 2 heterocycles. The van der Waals surface area contributed by atoms with Crippen molar-refractivity contribution in [2.24, 2.45) is 34.0 Å². The number of amides is 5. The highest BCUT2D eigenvalue weighted by molar-refractivity contribution is 7.92. The number of ketones is 1. The Hall–Kier alpha value is -2.70. The zero-order chi connectivity index (χ0) is 38.0. The number of piperidine rings is 1. The topological polar surface area (TPSA) is 171 Å².